The van der Waals surface area contributed by atoms with E-state index in [0.29, 0.717) is 17.1 Å². The zero-order valence-electron chi connectivity index (χ0n) is 11.2. The van der Waals surface area contributed by atoms with Gasteiger partial charge in [-0.2, -0.15) is 0 Å². The highest BCUT2D eigenvalue weighted by atomic mass is 79.9. The highest BCUT2D eigenvalue weighted by molar-refractivity contribution is 9.10. The molecule has 3 nitrogen and oxygen atoms in total. The van der Waals surface area contributed by atoms with Crippen LogP contribution in [-0.4, -0.2) is 37.0 Å². The molecule has 104 valence electrons. The van der Waals surface area contributed by atoms with Crippen molar-refractivity contribution in [2.45, 2.75) is 24.8 Å². The Bertz CT molecular complexity index is 486. The quantitative estimate of drug-likeness (QED) is 0.908. The number of nitrogens with zero attached hydrogens (tertiary/aromatic N) is 1. The van der Waals surface area contributed by atoms with Crippen LogP contribution in [-0.2, 0) is 0 Å². The molecule has 0 spiro atoms. The SMILES string of the molecule is CN(C)C1(CNC(=O)c2cccc(Br)c2Cl)CCC1. The van der Waals surface area contributed by atoms with Gasteiger partial charge in [0.25, 0.3) is 5.91 Å². The number of carbonyl (C=O) groups is 1. The lowest BCUT2D eigenvalue weighted by atomic mass is 9.75. The average Bonchev–Trinajstić information content (AvgIpc) is 2.30. The van der Waals surface area contributed by atoms with Crippen LogP contribution in [0.1, 0.15) is 29.6 Å². The molecule has 0 heterocycles. The third kappa shape index (κ3) is 2.96. The molecule has 1 saturated carbocycles. The molecule has 0 atom stereocenters. The van der Waals surface area contributed by atoms with Crippen LogP contribution in [0, 0.1) is 0 Å². The second kappa shape index (κ2) is 5.81. The zero-order chi connectivity index (χ0) is 14.0. The second-order valence-electron chi connectivity index (χ2n) is 5.26. The first-order chi connectivity index (χ1) is 8.96. The molecule has 1 amide bonds. The van der Waals surface area contributed by atoms with Crippen molar-refractivity contribution < 1.29 is 4.79 Å². The van der Waals surface area contributed by atoms with Gasteiger partial charge in [-0.25, -0.2) is 0 Å². The fraction of sp³-hybridized carbons (Fsp3) is 0.500. The highest BCUT2D eigenvalue weighted by Gasteiger charge is 2.39. The average molecular weight is 346 g/mol. The lowest BCUT2D eigenvalue weighted by Crippen LogP contribution is -2.57. The Morgan fingerprint density at radius 2 is 2.16 bits per heavy atom. The van der Waals surface area contributed by atoms with Gasteiger partial charge >= 0.3 is 0 Å². The zero-order valence-corrected chi connectivity index (χ0v) is 13.5. The van der Waals surface area contributed by atoms with Gasteiger partial charge < -0.3 is 10.2 Å². The molecular formula is C14H18BrClN2O. The molecule has 0 radical (unpaired) electrons. The number of benzene rings is 1. The van der Waals surface area contributed by atoms with Crippen LogP contribution >= 0.6 is 27.5 Å². The fourth-order valence-electron chi connectivity index (χ4n) is 2.39. The van der Waals surface area contributed by atoms with Crippen molar-refractivity contribution in [1.29, 1.82) is 0 Å². The number of carbonyl (C=O) groups excluding carboxylic acids is 1. The molecule has 1 aliphatic carbocycles. The third-order valence-corrected chi connectivity index (χ3v) is 5.30. The van der Waals surface area contributed by atoms with Crippen molar-refractivity contribution in [3.05, 3.63) is 33.3 Å². The molecule has 19 heavy (non-hydrogen) atoms. The lowest BCUT2D eigenvalue weighted by Gasteiger charge is -2.47. The summed E-state index contributed by atoms with van der Waals surface area (Å²) < 4.78 is 0.743. The Balaban J connectivity index is 2.04. The topological polar surface area (TPSA) is 32.3 Å². The Morgan fingerprint density at radius 3 is 2.68 bits per heavy atom. The molecule has 0 aromatic heterocycles. The normalized spacial score (nSPS) is 17.1. The minimum atomic E-state index is -0.112. The van der Waals surface area contributed by atoms with Crippen LogP contribution in [0.2, 0.25) is 5.02 Å². The first kappa shape index (κ1) is 14.8. The lowest BCUT2D eigenvalue weighted by molar-refractivity contribution is 0.0557. The molecule has 5 heteroatoms. The van der Waals surface area contributed by atoms with Gasteiger partial charge in [-0.1, -0.05) is 17.7 Å². The van der Waals surface area contributed by atoms with Crippen LogP contribution in [0.3, 0.4) is 0 Å². The fourth-order valence-corrected chi connectivity index (χ4v) is 2.96. The van der Waals surface area contributed by atoms with E-state index in [1.165, 1.54) is 6.42 Å². The minimum absolute atomic E-state index is 0.112. The van der Waals surface area contributed by atoms with Crippen LogP contribution < -0.4 is 5.32 Å². The molecule has 0 unspecified atom stereocenters. The van der Waals surface area contributed by atoms with E-state index in [1.54, 1.807) is 6.07 Å². The van der Waals surface area contributed by atoms with Crippen LogP contribution in [0.25, 0.3) is 0 Å². The Hall–Kier alpha value is -0.580. The predicted molar refractivity (Wildman–Crippen MR) is 81.8 cm³/mol. The summed E-state index contributed by atoms with van der Waals surface area (Å²) in [5, 5.41) is 3.47. The molecule has 0 aliphatic heterocycles. The molecular weight excluding hydrogens is 328 g/mol. The monoisotopic (exact) mass is 344 g/mol. The first-order valence-electron chi connectivity index (χ1n) is 6.36. The molecule has 0 saturated heterocycles. The summed E-state index contributed by atoms with van der Waals surface area (Å²) in [4.78, 5) is 14.4. The number of amides is 1. The van der Waals surface area contributed by atoms with Crippen molar-refractivity contribution in [1.82, 2.24) is 10.2 Å². The van der Waals surface area contributed by atoms with Gasteiger partial charge in [0.2, 0.25) is 0 Å². The van der Waals surface area contributed by atoms with E-state index < -0.39 is 0 Å². The maximum absolute atomic E-state index is 12.2. The summed E-state index contributed by atoms with van der Waals surface area (Å²) in [6, 6.07) is 5.38. The second-order valence-corrected chi connectivity index (χ2v) is 6.49. The van der Waals surface area contributed by atoms with Gasteiger partial charge in [-0.05, 0) is 61.4 Å². The standard InChI is InChI=1S/C14H18BrClN2O/c1-18(2)14(7-4-8-14)9-17-13(19)10-5-3-6-11(15)12(10)16/h3,5-6H,4,7-9H2,1-2H3,(H,17,19). The summed E-state index contributed by atoms with van der Waals surface area (Å²) in [5.41, 5.74) is 0.637. The summed E-state index contributed by atoms with van der Waals surface area (Å²) in [6.07, 6.45) is 3.49. The van der Waals surface area contributed by atoms with Crippen molar-refractivity contribution in [3.8, 4) is 0 Å². The number of likely N-dealkylation sites (N-methyl/N-ethyl adjacent to an activating group) is 1. The van der Waals surface area contributed by atoms with Gasteiger partial charge in [-0.3, -0.25) is 4.79 Å². The number of rotatable bonds is 4. The molecule has 1 fully saturated rings. The highest BCUT2D eigenvalue weighted by Crippen LogP contribution is 2.35. The Kier molecular flexibility index (Phi) is 4.54. The molecule has 1 aromatic rings. The van der Waals surface area contributed by atoms with Crippen LogP contribution in [0.4, 0.5) is 0 Å². The van der Waals surface area contributed by atoms with E-state index in [1.807, 2.05) is 12.1 Å². The van der Waals surface area contributed by atoms with E-state index in [-0.39, 0.29) is 11.4 Å². The largest absolute Gasteiger partial charge is 0.350 e. The summed E-state index contributed by atoms with van der Waals surface area (Å²) in [6.45, 7) is 0.668. The predicted octanol–water partition coefficient (Wildman–Crippen LogP) is 3.32. The molecule has 1 aliphatic rings. The van der Waals surface area contributed by atoms with Gasteiger partial charge in [0.1, 0.15) is 0 Å². The van der Waals surface area contributed by atoms with E-state index in [9.17, 15) is 4.79 Å². The molecule has 2 rings (SSSR count). The number of hydrogen-bond acceptors (Lipinski definition) is 2. The molecule has 0 bridgehead atoms. The van der Waals surface area contributed by atoms with E-state index >= 15 is 0 Å². The maximum atomic E-state index is 12.2. The van der Waals surface area contributed by atoms with Crippen molar-refractivity contribution >= 4 is 33.4 Å². The summed E-state index contributed by atoms with van der Waals surface area (Å²) in [5.74, 6) is -0.112. The van der Waals surface area contributed by atoms with Gasteiger partial charge in [0.15, 0.2) is 0 Å². The molecule has 1 N–H and O–H groups in total. The summed E-state index contributed by atoms with van der Waals surface area (Å²) >= 11 is 9.46. The van der Waals surface area contributed by atoms with E-state index in [2.05, 4.69) is 40.2 Å². The van der Waals surface area contributed by atoms with E-state index in [0.717, 1.165) is 17.3 Å². The van der Waals surface area contributed by atoms with Gasteiger partial charge in [0, 0.05) is 16.6 Å². The van der Waals surface area contributed by atoms with E-state index in [4.69, 9.17) is 11.6 Å². The summed E-state index contributed by atoms with van der Waals surface area (Å²) in [7, 11) is 4.13. The molecule has 1 aromatic carbocycles. The Labute approximate surface area is 127 Å². The van der Waals surface area contributed by atoms with Crippen molar-refractivity contribution in [2.75, 3.05) is 20.6 Å². The van der Waals surface area contributed by atoms with Gasteiger partial charge in [0.05, 0.1) is 10.6 Å². The minimum Gasteiger partial charge on any atom is -0.350 e. The van der Waals surface area contributed by atoms with Crippen molar-refractivity contribution in [2.24, 2.45) is 0 Å². The number of hydrogen-bond donors (Lipinski definition) is 1. The van der Waals surface area contributed by atoms with Gasteiger partial charge in [-0.15, -0.1) is 0 Å². The third-order valence-electron chi connectivity index (χ3n) is 4.01. The van der Waals surface area contributed by atoms with Crippen molar-refractivity contribution in [3.63, 3.8) is 0 Å². The Morgan fingerprint density at radius 1 is 1.47 bits per heavy atom. The smallest absolute Gasteiger partial charge is 0.252 e. The number of nitrogens with one attached hydrogen (secondary N) is 1. The number of halogens is 2. The van der Waals surface area contributed by atoms with Crippen LogP contribution in [0.15, 0.2) is 22.7 Å². The first-order valence-corrected chi connectivity index (χ1v) is 7.53. The maximum Gasteiger partial charge on any atom is 0.252 e. The van der Waals surface area contributed by atoms with Crippen LogP contribution in [0.5, 0.6) is 0 Å².